The van der Waals surface area contributed by atoms with E-state index in [2.05, 4.69) is 15.4 Å². The lowest BCUT2D eigenvalue weighted by Gasteiger charge is -2.10. The van der Waals surface area contributed by atoms with E-state index in [-0.39, 0.29) is 5.57 Å². The van der Waals surface area contributed by atoms with Crippen molar-refractivity contribution in [2.45, 2.75) is 0 Å². The summed E-state index contributed by atoms with van der Waals surface area (Å²) in [5.74, 6) is 0. The minimum atomic E-state index is -0.0375. The van der Waals surface area contributed by atoms with Crippen molar-refractivity contribution in [3.8, 4) is 17.8 Å². The normalized spacial score (nSPS) is 9.21. The molecular formula is C12H7ClN6. The second-order valence-electron chi connectivity index (χ2n) is 3.40. The SMILES string of the molecule is N#CC(C#N)=CNc1cccc(Cl)c1-n1cncn1. The van der Waals surface area contributed by atoms with Crippen molar-refractivity contribution < 1.29 is 0 Å². The van der Waals surface area contributed by atoms with Gasteiger partial charge >= 0.3 is 0 Å². The van der Waals surface area contributed by atoms with Crippen LogP contribution in [0.4, 0.5) is 5.69 Å². The van der Waals surface area contributed by atoms with Crippen molar-refractivity contribution in [2.24, 2.45) is 0 Å². The first-order valence-corrected chi connectivity index (χ1v) is 5.54. The molecule has 6 nitrogen and oxygen atoms in total. The molecule has 0 spiro atoms. The minimum absolute atomic E-state index is 0.0375. The first-order valence-electron chi connectivity index (χ1n) is 5.16. The van der Waals surface area contributed by atoms with Crippen LogP contribution >= 0.6 is 11.6 Å². The van der Waals surface area contributed by atoms with Crippen LogP contribution in [0.5, 0.6) is 0 Å². The largest absolute Gasteiger partial charge is 0.358 e. The highest BCUT2D eigenvalue weighted by molar-refractivity contribution is 6.33. The number of allylic oxidation sites excluding steroid dienone is 1. The van der Waals surface area contributed by atoms with Crippen molar-refractivity contribution in [3.05, 3.63) is 47.6 Å². The van der Waals surface area contributed by atoms with E-state index in [1.165, 1.54) is 23.5 Å². The van der Waals surface area contributed by atoms with E-state index in [1.54, 1.807) is 30.3 Å². The van der Waals surface area contributed by atoms with Crippen LogP contribution in [0.1, 0.15) is 0 Å². The number of hydrogen-bond acceptors (Lipinski definition) is 5. The van der Waals surface area contributed by atoms with Gasteiger partial charge in [-0.05, 0) is 12.1 Å². The molecule has 0 radical (unpaired) electrons. The highest BCUT2D eigenvalue weighted by atomic mass is 35.5. The minimum Gasteiger partial charge on any atom is -0.358 e. The Hall–Kier alpha value is -2.83. The van der Waals surface area contributed by atoms with E-state index < -0.39 is 0 Å². The van der Waals surface area contributed by atoms with E-state index in [9.17, 15) is 0 Å². The lowest BCUT2D eigenvalue weighted by Crippen LogP contribution is -2.01. The Balaban J connectivity index is 2.43. The van der Waals surface area contributed by atoms with Crippen LogP contribution in [0.2, 0.25) is 5.02 Å². The number of anilines is 1. The molecule has 0 fully saturated rings. The summed E-state index contributed by atoms with van der Waals surface area (Å²) in [6.07, 6.45) is 4.20. The van der Waals surface area contributed by atoms with Gasteiger partial charge in [0.1, 0.15) is 36.1 Å². The lowest BCUT2D eigenvalue weighted by molar-refractivity contribution is 0.881. The Morgan fingerprint density at radius 2 is 2.16 bits per heavy atom. The van der Waals surface area contributed by atoms with E-state index in [1.807, 2.05) is 0 Å². The van der Waals surface area contributed by atoms with Crippen molar-refractivity contribution in [1.29, 1.82) is 10.5 Å². The number of benzene rings is 1. The summed E-state index contributed by atoms with van der Waals surface area (Å²) in [6, 6.07) is 8.74. The summed E-state index contributed by atoms with van der Waals surface area (Å²) in [7, 11) is 0. The molecule has 7 heteroatoms. The summed E-state index contributed by atoms with van der Waals surface area (Å²) in [6.45, 7) is 0. The highest BCUT2D eigenvalue weighted by Gasteiger charge is 2.09. The van der Waals surface area contributed by atoms with Gasteiger partial charge in [-0.2, -0.15) is 15.6 Å². The fourth-order valence-corrected chi connectivity index (χ4v) is 1.69. The predicted octanol–water partition coefficient (Wildman–Crippen LogP) is 2.26. The Morgan fingerprint density at radius 1 is 1.37 bits per heavy atom. The third-order valence-corrected chi connectivity index (χ3v) is 2.55. The van der Waals surface area contributed by atoms with Crippen molar-refractivity contribution >= 4 is 17.3 Å². The molecule has 1 aromatic heterocycles. The number of nitriles is 2. The maximum atomic E-state index is 8.68. The highest BCUT2D eigenvalue weighted by Crippen LogP contribution is 2.27. The molecule has 1 N–H and O–H groups in total. The summed E-state index contributed by atoms with van der Waals surface area (Å²) >= 11 is 6.12. The first kappa shape index (κ1) is 12.6. The van der Waals surface area contributed by atoms with Gasteiger partial charge in [-0.15, -0.1) is 0 Å². The molecule has 0 aliphatic carbocycles. The summed E-state index contributed by atoms with van der Waals surface area (Å²) in [4.78, 5) is 3.85. The van der Waals surface area contributed by atoms with Crippen LogP contribution in [0.15, 0.2) is 42.6 Å². The van der Waals surface area contributed by atoms with E-state index in [0.717, 1.165) is 0 Å². The number of rotatable bonds is 3. The topological polar surface area (TPSA) is 90.3 Å². The summed E-state index contributed by atoms with van der Waals surface area (Å²) in [5, 5.41) is 24.7. The zero-order valence-corrected chi connectivity index (χ0v) is 10.3. The maximum Gasteiger partial charge on any atom is 0.145 e. The standard InChI is InChI=1S/C12H7ClN6/c13-10-2-1-3-11(17-6-9(4-14)5-15)12(10)19-8-16-7-18-19/h1-3,6-8,17H. The number of hydrogen-bond donors (Lipinski definition) is 1. The van der Waals surface area contributed by atoms with Gasteiger partial charge in [0.15, 0.2) is 0 Å². The molecule has 1 heterocycles. The number of halogens is 1. The number of para-hydroxylation sites is 1. The fraction of sp³-hybridized carbons (Fsp3) is 0. The van der Waals surface area contributed by atoms with Crippen LogP contribution in [-0.2, 0) is 0 Å². The average molecular weight is 271 g/mol. The molecule has 1 aromatic carbocycles. The summed E-state index contributed by atoms with van der Waals surface area (Å²) in [5.41, 5.74) is 1.17. The molecule has 0 aliphatic heterocycles. The van der Waals surface area contributed by atoms with Crippen LogP contribution < -0.4 is 5.32 Å². The monoisotopic (exact) mass is 270 g/mol. The molecule has 0 saturated heterocycles. The third kappa shape index (κ3) is 2.71. The van der Waals surface area contributed by atoms with Crippen LogP contribution in [0.3, 0.4) is 0 Å². The molecule has 0 saturated carbocycles. The molecule has 0 bridgehead atoms. The average Bonchev–Trinajstić information content (AvgIpc) is 2.93. The van der Waals surface area contributed by atoms with Gasteiger partial charge in [-0.25, -0.2) is 9.67 Å². The second kappa shape index (κ2) is 5.67. The molecule has 2 aromatic rings. The number of nitrogens with zero attached hydrogens (tertiary/aromatic N) is 5. The molecule has 19 heavy (non-hydrogen) atoms. The van der Waals surface area contributed by atoms with Gasteiger partial charge in [0.25, 0.3) is 0 Å². The zero-order chi connectivity index (χ0) is 13.7. The quantitative estimate of drug-likeness (QED) is 0.864. The molecule has 0 aliphatic rings. The van der Waals surface area contributed by atoms with Crippen LogP contribution in [0, 0.1) is 22.7 Å². The first-order chi connectivity index (χ1) is 9.26. The Morgan fingerprint density at radius 3 is 2.79 bits per heavy atom. The predicted molar refractivity (Wildman–Crippen MR) is 69.3 cm³/mol. The van der Waals surface area contributed by atoms with Gasteiger partial charge in [0.2, 0.25) is 0 Å². The van der Waals surface area contributed by atoms with Crippen molar-refractivity contribution in [2.75, 3.05) is 5.32 Å². The second-order valence-corrected chi connectivity index (χ2v) is 3.81. The van der Waals surface area contributed by atoms with E-state index >= 15 is 0 Å². The third-order valence-electron chi connectivity index (χ3n) is 2.25. The zero-order valence-electron chi connectivity index (χ0n) is 9.58. The number of aromatic nitrogens is 3. The Labute approximate surface area is 114 Å². The molecular weight excluding hydrogens is 264 g/mol. The van der Waals surface area contributed by atoms with Gasteiger partial charge in [0.05, 0.1) is 10.7 Å². The van der Waals surface area contributed by atoms with Crippen LogP contribution in [-0.4, -0.2) is 14.8 Å². The van der Waals surface area contributed by atoms with Crippen LogP contribution in [0.25, 0.3) is 5.69 Å². The van der Waals surface area contributed by atoms with Crippen molar-refractivity contribution in [3.63, 3.8) is 0 Å². The van der Waals surface area contributed by atoms with Gasteiger partial charge in [-0.1, -0.05) is 17.7 Å². The van der Waals surface area contributed by atoms with Gasteiger partial charge in [0, 0.05) is 6.20 Å². The maximum absolute atomic E-state index is 8.68. The molecule has 2 rings (SSSR count). The smallest absolute Gasteiger partial charge is 0.145 e. The van der Waals surface area contributed by atoms with E-state index in [0.29, 0.717) is 16.4 Å². The lowest BCUT2D eigenvalue weighted by atomic mass is 10.2. The number of nitrogens with one attached hydrogen (secondary N) is 1. The van der Waals surface area contributed by atoms with Crippen molar-refractivity contribution in [1.82, 2.24) is 14.8 Å². The van der Waals surface area contributed by atoms with Gasteiger partial charge < -0.3 is 5.32 Å². The Kier molecular flexibility index (Phi) is 3.77. The van der Waals surface area contributed by atoms with Gasteiger partial charge in [-0.3, -0.25) is 0 Å². The molecule has 0 amide bonds. The van der Waals surface area contributed by atoms with E-state index in [4.69, 9.17) is 22.1 Å². The molecule has 92 valence electrons. The molecule has 0 atom stereocenters. The summed E-state index contributed by atoms with van der Waals surface area (Å²) < 4.78 is 1.50. The Bertz CT molecular complexity index is 674. The molecule has 0 unspecified atom stereocenters. The fourth-order valence-electron chi connectivity index (χ4n) is 1.43.